The Morgan fingerprint density at radius 2 is 2.05 bits per heavy atom. The van der Waals surface area contributed by atoms with Crippen molar-refractivity contribution in [2.45, 2.75) is 17.9 Å². The molecule has 1 amide bonds. The van der Waals surface area contributed by atoms with E-state index in [1.165, 1.54) is 19.1 Å². The summed E-state index contributed by atoms with van der Waals surface area (Å²) in [7, 11) is -4.64. The van der Waals surface area contributed by atoms with Gasteiger partial charge in [-0.25, -0.2) is 13.2 Å². The minimum absolute atomic E-state index is 0.00926. The summed E-state index contributed by atoms with van der Waals surface area (Å²) in [6.07, 6.45) is 3.22. The molecular formula is C11H10N2O6S. The van der Waals surface area contributed by atoms with Crippen LogP contribution in [0.5, 0.6) is 0 Å². The molecule has 0 spiro atoms. The van der Waals surface area contributed by atoms with Gasteiger partial charge >= 0.3 is 6.09 Å². The van der Waals surface area contributed by atoms with Gasteiger partial charge in [-0.3, -0.25) is 10.1 Å². The Balaban J connectivity index is 3.55. The van der Waals surface area contributed by atoms with E-state index in [1.807, 2.05) is 5.92 Å². The summed E-state index contributed by atoms with van der Waals surface area (Å²) in [5.41, 5.74) is -0.719. The average molecular weight is 298 g/mol. The van der Waals surface area contributed by atoms with Crippen LogP contribution in [0.25, 0.3) is 0 Å². The van der Waals surface area contributed by atoms with E-state index in [2.05, 4.69) is 0 Å². The van der Waals surface area contributed by atoms with E-state index < -0.39 is 37.7 Å². The zero-order valence-electron chi connectivity index (χ0n) is 10.3. The van der Waals surface area contributed by atoms with Crippen LogP contribution < -0.4 is 0 Å². The van der Waals surface area contributed by atoms with Crippen molar-refractivity contribution in [1.29, 1.82) is 0 Å². The molecule has 20 heavy (non-hydrogen) atoms. The lowest BCUT2D eigenvalue weighted by molar-refractivity contribution is -0.387. The second-order valence-corrected chi connectivity index (χ2v) is 5.43. The molecule has 1 rings (SSSR count). The number of nitrogens with zero attached hydrogens (tertiary/aromatic N) is 2. The molecule has 106 valence electrons. The maximum atomic E-state index is 12.2. The molecule has 0 bridgehead atoms. The monoisotopic (exact) mass is 298 g/mol. The van der Waals surface area contributed by atoms with Gasteiger partial charge in [0.25, 0.3) is 15.7 Å². The van der Waals surface area contributed by atoms with E-state index in [9.17, 15) is 23.3 Å². The van der Waals surface area contributed by atoms with Crippen LogP contribution in [-0.4, -0.2) is 34.9 Å². The maximum Gasteiger partial charge on any atom is 0.422 e. The van der Waals surface area contributed by atoms with Gasteiger partial charge in [-0.15, -0.1) is 6.42 Å². The number of rotatable bonds is 4. The number of hydrogen-bond acceptors (Lipinski definition) is 5. The maximum absolute atomic E-state index is 12.2. The zero-order chi connectivity index (χ0) is 15.5. The van der Waals surface area contributed by atoms with Gasteiger partial charge in [0, 0.05) is 6.07 Å². The van der Waals surface area contributed by atoms with Gasteiger partial charge in [0.15, 0.2) is 4.90 Å². The SMILES string of the molecule is C#CC(C)N(C(=O)O)S(=O)(=O)c1ccccc1[N+](=O)[O-]. The van der Waals surface area contributed by atoms with Crippen molar-refractivity contribution in [3.05, 3.63) is 34.4 Å². The molecular weight excluding hydrogens is 288 g/mol. The van der Waals surface area contributed by atoms with Crippen molar-refractivity contribution in [3.8, 4) is 12.3 Å². The lowest BCUT2D eigenvalue weighted by Gasteiger charge is -2.21. The minimum Gasteiger partial charge on any atom is -0.464 e. The fourth-order valence-corrected chi connectivity index (χ4v) is 3.03. The Morgan fingerprint density at radius 1 is 1.50 bits per heavy atom. The fourth-order valence-electron chi connectivity index (χ4n) is 1.48. The van der Waals surface area contributed by atoms with Crippen LogP contribution in [0.15, 0.2) is 29.2 Å². The minimum atomic E-state index is -4.64. The Labute approximate surface area is 114 Å². The molecule has 9 heteroatoms. The van der Waals surface area contributed by atoms with Crippen LogP contribution in [0, 0.1) is 22.5 Å². The van der Waals surface area contributed by atoms with Gasteiger partial charge < -0.3 is 5.11 Å². The first-order chi connectivity index (χ1) is 9.23. The second kappa shape index (κ2) is 5.58. The van der Waals surface area contributed by atoms with Gasteiger partial charge in [0.1, 0.15) is 6.04 Å². The predicted octanol–water partition coefficient (Wildman–Crippen LogP) is 1.29. The van der Waals surface area contributed by atoms with Gasteiger partial charge in [-0.2, -0.15) is 4.31 Å². The fraction of sp³-hybridized carbons (Fsp3) is 0.182. The summed E-state index contributed by atoms with van der Waals surface area (Å²) >= 11 is 0. The molecule has 1 aromatic carbocycles. The molecule has 1 atom stereocenters. The molecule has 0 saturated carbocycles. The van der Waals surface area contributed by atoms with E-state index in [0.717, 1.165) is 12.1 Å². The number of nitro groups is 1. The van der Waals surface area contributed by atoms with Crippen molar-refractivity contribution >= 4 is 21.8 Å². The van der Waals surface area contributed by atoms with E-state index in [0.29, 0.717) is 0 Å². The highest BCUT2D eigenvalue weighted by Gasteiger charge is 2.37. The lowest BCUT2D eigenvalue weighted by Crippen LogP contribution is -2.41. The predicted molar refractivity (Wildman–Crippen MR) is 68.4 cm³/mol. The molecule has 1 unspecified atom stereocenters. The molecule has 0 heterocycles. The Hall–Kier alpha value is -2.60. The van der Waals surface area contributed by atoms with Crippen LogP contribution in [0.1, 0.15) is 6.92 Å². The first-order valence-corrected chi connectivity index (χ1v) is 6.64. The Kier molecular flexibility index (Phi) is 4.31. The lowest BCUT2D eigenvalue weighted by atomic mass is 10.3. The Bertz CT molecular complexity index is 691. The number of terminal acetylenes is 1. The number of para-hydroxylation sites is 1. The van der Waals surface area contributed by atoms with E-state index in [4.69, 9.17) is 11.5 Å². The highest BCUT2D eigenvalue weighted by Crippen LogP contribution is 2.27. The molecule has 0 aliphatic rings. The van der Waals surface area contributed by atoms with Crippen LogP contribution in [-0.2, 0) is 10.0 Å². The third-order valence-electron chi connectivity index (χ3n) is 2.38. The van der Waals surface area contributed by atoms with E-state index in [-0.39, 0.29) is 4.31 Å². The molecule has 1 aromatic rings. The normalized spacial score (nSPS) is 12.2. The molecule has 0 fully saturated rings. The number of carbonyl (C=O) groups is 1. The zero-order valence-corrected chi connectivity index (χ0v) is 11.1. The van der Waals surface area contributed by atoms with Crippen LogP contribution in [0.2, 0.25) is 0 Å². The van der Waals surface area contributed by atoms with Crippen LogP contribution >= 0.6 is 0 Å². The molecule has 0 aromatic heterocycles. The third kappa shape index (κ3) is 2.70. The first kappa shape index (κ1) is 15.5. The summed E-state index contributed by atoms with van der Waals surface area (Å²) in [5.74, 6) is 1.97. The number of amides is 1. The number of sulfonamides is 1. The Morgan fingerprint density at radius 3 is 2.50 bits per heavy atom. The molecule has 8 nitrogen and oxygen atoms in total. The summed E-state index contributed by atoms with van der Waals surface area (Å²) in [6.45, 7) is 1.18. The van der Waals surface area contributed by atoms with Crippen LogP contribution in [0.4, 0.5) is 10.5 Å². The van der Waals surface area contributed by atoms with E-state index in [1.54, 1.807) is 0 Å². The third-order valence-corrected chi connectivity index (χ3v) is 4.27. The number of nitro benzene ring substituents is 1. The van der Waals surface area contributed by atoms with Crippen molar-refractivity contribution < 1.29 is 23.2 Å². The van der Waals surface area contributed by atoms with E-state index >= 15 is 0 Å². The van der Waals surface area contributed by atoms with Gasteiger partial charge in [0.05, 0.1) is 4.92 Å². The van der Waals surface area contributed by atoms with Crippen molar-refractivity contribution in [2.75, 3.05) is 0 Å². The molecule has 0 saturated heterocycles. The largest absolute Gasteiger partial charge is 0.464 e. The smallest absolute Gasteiger partial charge is 0.422 e. The topological polar surface area (TPSA) is 118 Å². The standard InChI is InChI=1S/C11H10N2O6S/c1-3-8(2)12(11(14)15)20(18,19)10-7-5-4-6-9(10)13(16)17/h1,4-8H,2H3,(H,14,15). The van der Waals surface area contributed by atoms with Gasteiger partial charge in [-0.05, 0) is 13.0 Å². The van der Waals surface area contributed by atoms with Gasteiger partial charge in [0.2, 0.25) is 0 Å². The first-order valence-electron chi connectivity index (χ1n) is 5.20. The highest BCUT2D eigenvalue weighted by atomic mass is 32.2. The number of carboxylic acid groups (broad SMARTS) is 1. The second-order valence-electron chi connectivity index (χ2n) is 3.65. The number of benzene rings is 1. The van der Waals surface area contributed by atoms with Gasteiger partial charge in [-0.1, -0.05) is 18.1 Å². The molecule has 0 aliphatic heterocycles. The average Bonchev–Trinajstić information content (AvgIpc) is 2.37. The van der Waals surface area contributed by atoms with Crippen molar-refractivity contribution in [3.63, 3.8) is 0 Å². The number of hydrogen-bond donors (Lipinski definition) is 1. The molecule has 0 aliphatic carbocycles. The summed E-state index contributed by atoms with van der Waals surface area (Å²) in [6, 6.07) is 3.14. The molecule has 0 radical (unpaired) electrons. The molecule has 1 N–H and O–H groups in total. The van der Waals surface area contributed by atoms with Crippen LogP contribution in [0.3, 0.4) is 0 Å². The summed E-state index contributed by atoms with van der Waals surface area (Å²) in [4.78, 5) is 20.3. The van der Waals surface area contributed by atoms with Crippen molar-refractivity contribution in [1.82, 2.24) is 4.31 Å². The quantitative estimate of drug-likeness (QED) is 0.508. The highest BCUT2D eigenvalue weighted by molar-refractivity contribution is 7.89. The van der Waals surface area contributed by atoms with Crippen molar-refractivity contribution in [2.24, 2.45) is 0 Å². The summed E-state index contributed by atoms with van der Waals surface area (Å²) < 4.78 is 24.5. The summed E-state index contributed by atoms with van der Waals surface area (Å²) in [5, 5.41) is 19.8.